The van der Waals surface area contributed by atoms with E-state index in [0.29, 0.717) is 11.3 Å². The predicted molar refractivity (Wildman–Crippen MR) is 45.3 cm³/mol. The minimum atomic E-state index is -1.77. The molecule has 4 nitrogen and oxygen atoms in total. The summed E-state index contributed by atoms with van der Waals surface area (Å²) in [5.41, 5.74) is 1.34. The van der Waals surface area contributed by atoms with Crippen molar-refractivity contribution in [1.29, 1.82) is 0 Å². The van der Waals surface area contributed by atoms with Gasteiger partial charge < -0.3 is 18.1 Å². The smallest absolute Gasteiger partial charge is 0.371 e. The molecule has 1 heterocycles. The fourth-order valence-electron chi connectivity index (χ4n) is 1.05. The van der Waals surface area contributed by atoms with Gasteiger partial charge in [-0.15, -0.1) is 0 Å². The molecule has 1 aliphatic heterocycles. The normalized spacial score (nSPS) is 27.3. The van der Waals surface area contributed by atoms with Crippen LogP contribution in [0.2, 0.25) is 17.9 Å². The van der Waals surface area contributed by atoms with Crippen molar-refractivity contribution in [2.75, 3.05) is 7.11 Å². The standard InChI is InChI=1S/C4H12O4Si3/c1-7-11(2)3-9(5)8-10(6)4-11/h5-6H,3-4H2,1-2H3. The molecule has 7 heteroatoms. The van der Waals surface area contributed by atoms with Crippen molar-refractivity contribution < 1.29 is 18.1 Å². The van der Waals surface area contributed by atoms with Gasteiger partial charge in [-0.05, 0) is 6.55 Å². The summed E-state index contributed by atoms with van der Waals surface area (Å²) in [6, 6.07) is 0. The fraction of sp³-hybridized carbons (Fsp3) is 1.00. The number of hydrogen-bond donors (Lipinski definition) is 2. The Kier molecular flexibility index (Phi) is 3.03. The van der Waals surface area contributed by atoms with Crippen LogP contribution in [0.4, 0.5) is 0 Å². The maximum atomic E-state index is 9.25. The first kappa shape index (κ1) is 9.58. The molecule has 1 saturated heterocycles. The van der Waals surface area contributed by atoms with Gasteiger partial charge in [0.2, 0.25) is 0 Å². The van der Waals surface area contributed by atoms with Gasteiger partial charge in [0.15, 0.2) is 8.32 Å². The molecule has 0 aliphatic carbocycles. The topological polar surface area (TPSA) is 58.9 Å². The molecule has 1 rings (SSSR count). The first-order chi connectivity index (χ1) is 5.06. The molecular weight excluding hydrogens is 196 g/mol. The highest BCUT2D eigenvalue weighted by Crippen LogP contribution is 2.23. The molecule has 11 heavy (non-hydrogen) atoms. The fourth-order valence-corrected chi connectivity index (χ4v) is 11.9. The molecule has 0 unspecified atom stereocenters. The lowest BCUT2D eigenvalue weighted by molar-refractivity contribution is 0.335. The molecule has 1 aliphatic rings. The summed E-state index contributed by atoms with van der Waals surface area (Å²) < 4.78 is 10.3. The first-order valence-corrected chi connectivity index (χ1v) is 9.33. The van der Waals surface area contributed by atoms with Gasteiger partial charge in [-0.3, -0.25) is 0 Å². The van der Waals surface area contributed by atoms with E-state index in [1.807, 2.05) is 6.55 Å². The third-order valence-electron chi connectivity index (χ3n) is 1.78. The zero-order valence-corrected chi connectivity index (χ0v) is 9.63. The van der Waals surface area contributed by atoms with Crippen LogP contribution in [0.25, 0.3) is 0 Å². The van der Waals surface area contributed by atoms with Gasteiger partial charge >= 0.3 is 18.6 Å². The van der Waals surface area contributed by atoms with Crippen LogP contribution in [-0.2, 0) is 8.54 Å². The third-order valence-corrected chi connectivity index (χ3v) is 13.1. The minimum Gasteiger partial charge on any atom is -0.420 e. The molecule has 0 atom stereocenters. The second-order valence-electron chi connectivity index (χ2n) is 2.90. The third kappa shape index (κ3) is 2.47. The monoisotopic (exact) mass is 208 g/mol. The van der Waals surface area contributed by atoms with Gasteiger partial charge in [-0.1, -0.05) is 0 Å². The van der Waals surface area contributed by atoms with Crippen LogP contribution < -0.4 is 0 Å². The summed E-state index contributed by atoms with van der Waals surface area (Å²) in [4.78, 5) is 18.5. The van der Waals surface area contributed by atoms with Gasteiger partial charge in [-0.25, -0.2) is 0 Å². The molecule has 2 radical (unpaired) electrons. The van der Waals surface area contributed by atoms with Crippen molar-refractivity contribution in [1.82, 2.24) is 0 Å². The average Bonchev–Trinajstić information content (AvgIpc) is 1.84. The van der Waals surface area contributed by atoms with Gasteiger partial charge in [0.05, 0.1) is 0 Å². The van der Waals surface area contributed by atoms with Crippen molar-refractivity contribution >= 4 is 26.9 Å². The van der Waals surface area contributed by atoms with Gasteiger partial charge in [-0.2, -0.15) is 0 Å². The van der Waals surface area contributed by atoms with Gasteiger partial charge in [0.1, 0.15) is 0 Å². The molecule has 0 aromatic carbocycles. The summed E-state index contributed by atoms with van der Waals surface area (Å²) in [6.45, 7) is 2.03. The molecule has 0 amide bonds. The van der Waals surface area contributed by atoms with Crippen LogP contribution in [-0.4, -0.2) is 43.6 Å². The van der Waals surface area contributed by atoms with Crippen molar-refractivity contribution in [3.63, 3.8) is 0 Å². The van der Waals surface area contributed by atoms with Crippen LogP contribution in [0.5, 0.6) is 0 Å². The summed E-state index contributed by atoms with van der Waals surface area (Å²) in [6.07, 6.45) is 0. The lowest BCUT2D eigenvalue weighted by Gasteiger charge is -2.32. The Balaban J connectivity index is 2.55. The van der Waals surface area contributed by atoms with Crippen LogP contribution in [0.15, 0.2) is 0 Å². The van der Waals surface area contributed by atoms with E-state index in [4.69, 9.17) is 8.54 Å². The Morgan fingerprint density at radius 3 is 2.18 bits per heavy atom. The van der Waals surface area contributed by atoms with E-state index < -0.39 is 26.9 Å². The predicted octanol–water partition coefficient (Wildman–Crippen LogP) is -0.722. The Bertz CT molecular complexity index is 133. The van der Waals surface area contributed by atoms with Crippen molar-refractivity contribution in [3.05, 3.63) is 0 Å². The van der Waals surface area contributed by atoms with Crippen molar-refractivity contribution in [3.8, 4) is 0 Å². The minimum absolute atomic E-state index is 0.670. The Hall–Kier alpha value is 0.491. The van der Waals surface area contributed by atoms with Crippen molar-refractivity contribution in [2.45, 2.75) is 17.9 Å². The Labute approximate surface area is 70.6 Å². The molecule has 0 aromatic rings. The SMILES string of the molecule is CO[Si]1(C)C[Si](O)O[Si](O)C1. The van der Waals surface area contributed by atoms with E-state index in [1.54, 1.807) is 7.11 Å². The molecule has 0 spiro atoms. The Morgan fingerprint density at radius 1 is 1.36 bits per heavy atom. The summed E-state index contributed by atoms with van der Waals surface area (Å²) in [5.74, 6) is 0. The second kappa shape index (κ2) is 3.47. The summed E-state index contributed by atoms with van der Waals surface area (Å²) in [5, 5.41) is 0. The first-order valence-electron chi connectivity index (χ1n) is 3.38. The van der Waals surface area contributed by atoms with Gasteiger partial charge in [0.25, 0.3) is 0 Å². The van der Waals surface area contributed by atoms with Crippen LogP contribution >= 0.6 is 0 Å². The average molecular weight is 208 g/mol. The molecule has 0 aromatic heterocycles. The van der Waals surface area contributed by atoms with Gasteiger partial charge in [0, 0.05) is 18.4 Å². The van der Waals surface area contributed by atoms with Crippen molar-refractivity contribution in [2.24, 2.45) is 0 Å². The van der Waals surface area contributed by atoms with E-state index in [9.17, 15) is 9.59 Å². The van der Waals surface area contributed by atoms with E-state index in [-0.39, 0.29) is 0 Å². The quantitative estimate of drug-likeness (QED) is 0.558. The maximum Gasteiger partial charge on any atom is 0.371 e. The largest absolute Gasteiger partial charge is 0.420 e. The van der Waals surface area contributed by atoms with Crippen LogP contribution in [0.3, 0.4) is 0 Å². The molecular formula is C4H12O4Si3. The van der Waals surface area contributed by atoms with E-state index >= 15 is 0 Å². The molecule has 2 N–H and O–H groups in total. The Morgan fingerprint density at radius 2 is 1.82 bits per heavy atom. The lowest BCUT2D eigenvalue weighted by atomic mass is 11.7. The highest BCUT2D eigenvalue weighted by atomic mass is 28.5. The molecule has 0 saturated carbocycles. The summed E-state index contributed by atoms with van der Waals surface area (Å²) >= 11 is 0. The molecule has 64 valence electrons. The van der Waals surface area contributed by atoms with E-state index in [0.717, 1.165) is 0 Å². The zero-order valence-electron chi connectivity index (χ0n) is 6.63. The van der Waals surface area contributed by atoms with Crippen LogP contribution in [0.1, 0.15) is 0 Å². The zero-order chi connectivity index (χ0) is 8.48. The highest BCUT2D eigenvalue weighted by molar-refractivity contribution is 6.92. The molecule has 0 bridgehead atoms. The highest BCUT2D eigenvalue weighted by Gasteiger charge is 2.43. The second-order valence-corrected chi connectivity index (χ2v) is 11.4. The maximum absolute atomic E-state index is 9.25. The number of hydrogen-bond acceptors (Lipinski definition) is 4. The van der Waals surface area contributed by atoms with E-state index in [1.165, 1.54) is 0 Å². The molecule has 1 fully saturated rings. The van der Waals surface area contributed by atoms with Crippen LogP contribution in [0, 0.1) is 0 Å². The lowest BCUT2D eigenvalue weighted by Crippen LogP contribution is -2.51. The van der Waals surface area contributed by atoms with E-state index in [2.05, 4.69) is 0 Å². The number of rotatable bonds is 1. The summed E-state index contributed by atoms with van der Waals surface area (Å²) in [7, 11) is -3.57.